The molecule has 0 aromatic carbocycles. The highest BCUT2D eigenvalue weighted by Gasteiger charge is 2.33. The summed E-state index contributed by atoms with van der Waals surface area (Å²) in [5, 5.41) is 8.70. The lowest BCUT2D eigenvalue weighted by atomic mass is 10.2. The first-order valence-corrected chi connectivity index (χ1v) is 4.39. The van der Waals surface area contributed by atoms with Gasteiger partial charge in [0.05, 0.1) is 24.8 Å². The Balaban J connectivity index is 2.46. The molecule has 1 aliphatic heterocycles. The van der Waals surface area contributed by atoms with Crippen LogP contribution in [0.1, 0.15) is 13.8 Å². The van der Waals surface area contributed by atoms with Crippen molar-refractivity contribution in [1.29, 1.82) is 0 Å². The summed E-state index contributed by atoms with van der Waals surface area (Å²) in [5.41, 5.74) is 5.73. The smallest absolute Gasteiger partial charge is 0.407 e. The lowest BCUT2D eigenvalue weighted by Crippen LogP contribution is -2.36. The minimum Gasteiger partial charge on any atom is -0.465 e. The van der Waals surface area contributed by atoms with Crippen LogP contribution in [0.2, 0.25) is 0 Å². The van der Waals surface area contributed by atoms with Crippen LogP contribution in [0, 0.1) is 0 Å². The zero-order chi connectivity index (χ0) is 10.0. The Labute approximate surface area is 77.5 Å². The molecule has 1 rings (SSSR count). The van der Waals surface area contributed by atoms with Crippen molar-refractivity contribution < 1.29 is 14.6 Å². The summed E-state index contributed by atoms with van der Waals surface area (Å²) >= 11 is 0. The third kappa shape index (κ3) is 2.57. The zero-order valence-corrected chi connectivity index (χ0v) is 7.93. The van der Waals surface area contributed by atoms with Gasteiger partial charge in [0, 0.05) is 6.54 Å². The number of hydrogen-bond acceptors (Lipinski definition) is 3. The van der Waals surface area contributed by atoms with Crippen LogP contribution in [0.15, 0.2) is 0 Å². The molecule has 1 amide bonds. The first-order chi connectivity index (χ1) is 6.00. The first-order valence-electron chi connectivity index (χ1n) is 4.39. The highest BCUT2D eigenvalue weighted by Crippen LogP contribution is 2.13. The van der Waals surface area contributed by atoms with Crippen LogP contribution < -0.4 is 5.73 Å². The van der Waals surface area contributed by atoms with Gasteiger partial charge in [-0.2, -0.15) is 0 Å². The van der Waals surface area contributed by atoms with Crippen LogP contribution in [0.3, 0.4) is 0 Å². The highest BCUT2D eigenvalue weighted by molar-refractivity contribution is 5.65. The van der Waals surface area contributed by atoms with E-state index in [0.29, 0.717) is 13.1 Å². The fourth-order valence-electron chi connectivity index (χ4n) is 1.45. The molecule has 1 fully saturated rings. The van der Waals surface area contributed by atoms with Gasteiger partial charge in [-0.3, -0.25) is 0 Å². The maximum absolute atomic E-state index is 10.6. The van der Waals surface area contributed by atoms with E-state index >= 15 is 0 Å². The summed E-state index contributed by atoms with van der Waals surface area (Å²) < 4.78 is 5.47. The maximum Gasteiger partial charge on any atom is 0.407 e. The molecule has 76 valence electrons. The first kappa shape index (κ1) is 10.3. The number of nitrogens with two attached hydrogens (primary N) is 1. The van der Waals surface area contributed by atoms with E-state index in [-0.39, 0.29) is 18.2 Å². The Kier molecular flexibility index (Phi) is 3.11. The molecule has 0 spiro atoms. The van der Waals surface area contributed by atoms with Gasteiger partial charge >= 0.3 is 6.09 Å². The maximum atomic E-state index is 10.6. The van der Waals surface area contributed by atoms with Crippen molar-refractivity contribution >= 4 is 6.09 Å². The summed E-state index contributed by atoms with van der Waals surface area (Å²) in [5.74, 6) is 0. The number of hydrogen-bond donors (Lipinski definition) is 2. The predicted molar refractivity (Wildman–Crippen MR) is 47.6 cm³/mol. The van der Waals surface area contributed by atoms with Crippen molar-refractivity contribution in [3.8, 4) is 0 Å². The zero-order valence-electron chi connectivity index (χ0n) is 7.93. The molecule has 13 heavy (non-hydrogen) atoms. The molecule has 0 bridgehead atoms. The number of ether oxygens (including phenoxy) is 1. The molecule has 5 heteroatoms. The number of carboxylic acid groups (broad SMARTS) is 1. The van der Waals surface area contributed by atoms with Gasteiger partial charge in [-0.25, -0.2) is 4.79 Å². The fraction of sp³-hybridized carbons (Fsp3) is 0.875. The third-order valence-corrected chi connectivity index (χ3v) is 2.03. The molecule has 0 aromatic heterocycles. The molecule has 0 aliphatic carbocycles. The van der Waals surface area contributed by atoms with E-state index in [1.165, 1.54) is 4.90 Å². The largest absolute Gasteiger partial charge is 0.465 e. The van der Waals surface area contributed by atoms with Crippen LogP contribution in [0.4, 0.5) is 4.79 Å². The quantitative estimate of drug-likeness (QED) is 0.644. The number of carbonyl (C=O) groups is 1. The van der Waals surface area contributed by atoms with Crippen LogP contribution >= 0.6 is 0 Å². The SMILES string of the molecule is CC(C)OC1CN(C(=O)O)CC1N. The molecule has 2 atom stereocenters. The van der Waals surface area contributed by atoms with Gasteiger partial charge in [0.2, 0.25) is 0 Å². The van der Waals surface area contributed by atoms with Crippen LogP contribution in [-0.4, -0.2) is 47.4 Å². The van der Waals surface area contributed by atoms with Gasteiger partial charge in [0.1, 0.15) is 0 Å². The molecular weight excluding hydrogens is 172 g/mol. The van der Waals surface area contributed by atoms with Crippen molar-refractivity contribution in [2.24, 2.45) is 5.73 Å². The molecule has 0 saturated carbocycles. The fourth-order valence-corrected chi connectivity index (χ4v) is 1.45. The Morgan fingerprint density at radius 1 is 1.62 bits per heavy atom. The van der Waals surface area contributed by atoms with Crippen molar-refractivity contribution in [3.63, 3.8) is 0 Å². The van der Waals surface area contributed by atoms with E-state index in [4.69, 9.17) is 15.6 Å². The van der Waals surface area contributed by atoms with Gasteiger partial charge in [0.25, 0.3) is 0 Å². The van der Waals surface area contributed by atoms with Crippen molar-refractivity contribution in [3.05, 3.63) is 0 Å². The van der Waals surface area contributed by atoms with Gasteiger partial charge in [-0.1, -0.05) is 0 Å². The van der Waals surface area contributed by atoms with E-state index in [1.54, 1.807) is 0 Å². The Morgan fingerprint density at radius 2 is 2.23 bits per heavy atom. The van der Waals surface area contributed by atoms with Gasteiger partial charge < -0.3 is 20.5 Å². The van der Waals surface area contributed by atoms with Gasteiger partial charge in [-0.15, -0.1) is 0 Å². The molecule has 1 aliphatic rings. The standard InChI is InChI=1S/C8H16N2O3/c1-5(2)13-7-4-10(8(11)12)3-6(7)9/h5-7H,3-4,9H2,1-2H3,(H,11,12). The van der Waals surface area contributed by atoms with Crippen molar-refractivity contribution in [1.82, 2.24) is 4.90 Å². The summed E-state index contributed by atoms with van der Waals surface area (Å²) in [4.78, 5) is 11.9. The Morgan fingerprint density at radius 3 is 2.62 bits per heavy atom. The molecular formula is C8H16N2O3. The average molecular weight is 188 g/mol. The molecule has 1 heterocycles. The van der Waals surface area contributed by atoms with Gasteiger partial charge in [-0.05, 0) is 13.8 Å². The van der Waals surface area contributed by atoms with E-state index in [2.05, 4.69) is 0 Å². The van der Waals surface area contributed by atoms with Crippen LogP contribution in [-0.2, 0) is 4.74 Å². The monoisotopic (exact) mass is 188 g/mol. The number of amides is 1. The second-order valence-electron chi connectivity index (χ2n) is 3.57. The van der Waals surface area contributed by atoms with Crippen LogP contribution in [0.25, 0.3) is 0 Å². The third-order valence-electron chi connectivity index (χ3n) is 2.03. The highest BCUT2D eigenvalue weighted by atomic mass is 16.5. The van der Waals surface area contributed by atoms with E-state index < -0.39 is 6.09 Å². The summed E-state index contributed by atoms with van der Waals surface area (Å²) in [7, 11) is 0. The summed E-state index contributed by atoms with van der Waals surface area (Å²) in [6.45, 7) is 4.58. The van der Waals surface area contributed by atoms with Crippen molar-refractivity contribution in [2.45, 2.75) is 32.1 Å². The molecule has 0 aromatic rings. The van der Waals surface area contributed by atoms with E-state index in [9.17, 15) is 4.79 Å². The van der Waals surface area contributed by atoms with Gasteiger partial charge in [0.15, 0.2) is 0 Å². The summed E-state index contributed by atoms with van der Waals surface area (Å²) in [6.07, 6.45) is -0.994. The number of nitrogens with zero attached hydrogens (tertiary/aromatic N) is 1. The molecule has 5 nitrogen and oxygen atoms in total. The average Bonchev–Trinajstić information content (AvgIpc) is 2.31. The van der Waals surface area contributed by atoms with Crippen LogP contribution in [0.5, 0.6) is 0 Å². The molecule has 1 saturated heterocycles. The predicted octanol–water partition coefficient (Wildman–Crippen LogP) is 0.101. The Hall–Kier alpha value is -0.810. The topological polar surface area (TPSA) is 75.8 Å². The molecule has 0 radical (unpaired) electrons. The lowest BCUT2D eigenvalue weighted by molar-refractivity contribution is 0.00746. The second-order valence-corrected chi connectivity index (χ2v) is 3.57. The summed E-state index contributed by atoms with van der Waals surface area (Å²) in [6, 6.07) is -0.196. The van der Waals surface area contributed by atoms with Crippen molar-refractivity contribution in [2.75, 3.05) is 13.1 Å². The minimum absolute atomic E-state index is 0.0878. The number of rotatable bonds is 2. The normalized spacial score (nSPS) is 28.5. The lowest BCUT2D eigenvalue weighted by Gasteiger charge is -2.17. The number of likely N-dealkylation sites (tertiary alicyclic amines) is 1. The molecule has 3 N–H and O–H groups in total. The van der Waals surface area contributed by atoms with E-state index in [1.807, 2.05) is 13.8 Å². The second kappa shape index (κ2) is 3.93. The van der Waals surface area contributed by atoms with E-state index in [0.717, 1.165) is 0 Å². The molecule has 2 unspecified atom stereocenters. The Bertz CT molecular complexity index is 196. The minimum atomic E-state index is -0.926.